The summed E-state index contributed by atoms with van der Waals surface area (Å²) in [6, 6.07) is 10.4. The number of aromatic nitrogens is 2. The Balaban J connectivity index is 1.63. The van der Waals surface area contributed by atoms with E-state index in [-0.39, 0.29) is 0 Å². The zero-order chi connectivity index (χ0) is 19.1. The number of piperazine rings is 1. The lowest BCUT2D eigenvalue weighted by molar-refractivity contribution is 0.370. The van der Waals surface area contributed by atoms with Gasteiger partial charge in [-0.05, 0) is 30.7 Å². The monoisotopic (exact) mass is 367 g/mol. The van der Waals surface area contributed by atoms with Crippen molar-refractivity contribution in [2.75, 3.05) is 56.6 Å². The molecule has 1 N–H and O–H groups in total. The van der Waals surface area contributed by atoms with Crippen molar-refractivity contribution in [3.63, 3.8) is 0 Å². The molecule has 0 atom stereocenters. The Morgan fingerprint density at radius 3 is 2.52 bits per heavy atom. The summed E-state index contributed by atoms with van der Waals surface area (Å²) in [4.78, 5) is 20.2. The molecule has 1 aromatic heterocycles. The topological polar surface area (TPSA) is 59.9 Å². The van der Waals surface area contributed by atoms with E-state index in [1.165, 1.54) is 11.3 Å². The summed E-state index contributed by atoms with van der Waals surface area (Å²) in [7, 11) is 4.12. The molecule has 0 amide bonds. The minimum absolute atomic E-state index is 0.673. The predicted octanol–water partition coefficient (Wildman–Crippen LogP) is 1.83. The summed E-state index contributed by atoms with van der Waals surface area (Å²) in [6.45, 7) is 7.24. The molecule has 1 aromatic carbocycles. The molecule has 1 aliphatic heterocycles. The van der Waals surface area contributed by atoms with Crippen LogP contribution in [0.2, 0.25) is 0 Å². The largest absolute Gasteiger partial charge is 0.378 e. The smallest absolute Gasteiger partial charge is 0.225 e. The minimum Gasteiger partial charge on any atom is -0.378 e. The highest BCUT2D eigenvalue weighted by Gasteiger charge is 2.21. The first-order valence-corrected chi connectivity index (χ1v) is 9.49. The van der Waals surface area contributed by atoms with Crippen molar-refractivity contribution in [2.45, 2.75) is 13.5 Å². The molecule has 7 nitrogen and oxygen atoms in total. The number of hydrogen-bond acceptors (Lipinski definition) is 5. The van der Waals surface area contributed by atoms with E-state index in [0.717, 1.165) is 44.6 Å². The number of nitrogens with one attached hydrogen (secondary N) is 1. The number of nitrogens with zero attached hydrogens (tertiary/aromatic N) is 6. The van der Waals surface area contributed by atoms with E-state index in [4.69, 9.17) is 4.99 Å². The predicted molar refractivity (Wildman–Crippen MR) is 111 cm³/mol. The van der Waals surface area contributed by atoms with E-state index in [9.17, 15) is 0 Å². The van der Waals surface area contributed by atoms with Crippen LogP contribution in [0.25, 0.3) is 0 Å². The Morgan fingerprint density at radius 1 is 1.11 bits per heavy atom. The second-order valence-electron chi connectivity index (χ2n) is 6.76. The Hall–Kier alpha value is -2.83. The highest BCUT2D eigenvalue weighted by Crippen LogP contribution is 2.15. The molecule has 0 radical (unpaired) electrons. The molecule has 2 aromatic rings. The molecule has 0 aliphatic carbocycles. The van der Waals surface area contributed by atoms with Gasteiger partial charge in [0.2, 0.25) is 5.95 Å². The van der Waals surface area contributed by atoms with Crippen LogP contribution in [0.1, 0.15) is 12.5 Å². The van der Waals surface area contributed by atoms with Crippen molar-refractivity contribution in [2.24, 2.45) is 4.99 Å². The summed E-state index contributed by atoms with van der Waals surface area (Å²) < 4.78 is 0. The normalized spacial score (nSPS) is 15.0. The summed E-state index contributed by atoms with van der Waals surface area (Å²) in [6.07, 6.45) is 3.59. The van der Waals surface area contributed by atoms with Crippen LogP contribution in [0.3, 0.4) is 0 Å². The molecule has 1 saturated heterocycles. The Kier molecular flexibility index (Phi) is 6.46. The van der Waals surface area contributed by atoms with Crippen LogP contribution >= 0.6 is 0 Å². The fourth-order valence-electron chi connectivity index (χ4n) is 3.10. The van der Waals surface area contributed by atoms with Crippen molar-refractivity contribution >= 4 is 17.6 Å². The molecule has 27 heavy (non-hydrogen) atoms. The number of hydrogen-bond donors (Lipinski definition) is 1. The van der Waals surface area contributed by atoms with Gasteiger partial charge in [-0.2, -0.15) is 0 Å². The number of guanidine groups is 1. The number of anilines is 2. The van der Waals surface area contributed by atoms with Crippen LogP contribution in [0, 0.1) is 0 Å². The highest BCUT2D eigenvalue weighted by atomic mass is 15.4. The molecular weight excluding hydrogens is 338 g/mol. The van der Waals surface area contributed by atoms with Crippen molar-refractivity contribution in [1.29, 1.82) is 0 Å². The first-order chi connectivity index (χ1) is 13.2. The van der Waals surface area contributed by atoms with Gasteiger partial charge < -0.3 is 20.0 Å². The Labute approximate surface area is 161 Å². The molecule has 1 fully saturated rings. The fraction of sp³-hybridized carbons (Fsp3) is 0.450. The zero-order valence-corrected chi connectivity index (χ0v) is 16.5. The third-order valence-corrected chi connectivity index (χ3v) is 4.59. The van der Waals surface area contributed by atoms with E-state index in [0.29, 0.717) is 6.54 Å². The molecule has 144 valence electrons. The van der Waals surface area contributed by atoms with Crippen molar-refractivity contribution in [1.82, 2.24) is 20.2 Å². The van der Waals surface area contributed by atoms with Gasteiger partial charge in [-0.1, -0.05) is 12.1 Å². The van der Waals surface area contributed by atoms with Gasteiger partial charge in [0.25, 0.3) is 0 Å². The minimum atomic E-state index is 0.673. The molecule has 7 heteroatoms. The fourth-order valence-corrected chi connectivity index (χ4v) is 3.10. The second-order valence-corrected chi connectivity index (χ2v) is 6.76. The number of benzene rings is 1. The molecule has 0 saturated carbocycles. The van der Waals surface area contributed by atoms with Crippen LogP contribution in [-0.4, -0.2) is 67.6 Å². The third-order valence-electron chi connectivity index (χ3n) is 4.59. The average molecular weight is 368 g/mol. The Bertz CT molecular complexity index is 737. The zero-order valence-electron chi connectivity index (χ0n) is 16.5. The lowest BCUT2D eigenvalue weighted by atomic mass is 10.2. The standard InChI is InChI=1S/C20H29N7/c1-4-21-19(24-16-17-7-5-8-18(15-17)25(2)3)26-11-13-27(14-12-26)20-22-9-6-10-23-20/h5-10,15H,4,11-14,16H2,1-3H3,(H,21,24). The van der Waals surface area contributed by atoms with E-state index in [1.807, 2.05) is 6.07 Å². The van der Waals surface area contributed by atoms with E-state index >= 15 is 0 Å². The maximum Gasteiger partial charge on any atom is 0.225 e. The molecule has 0 bridgehead atoms. The first kappa shape index (κ1) is 18.9. The quantitative estimate of drug-likeness (QED) is 0.643. The van der Waals surface area contributed by atoms with Crippen LogP contribution in [0.5, 0.6) is 0 Å². The van der Waals surface area contributed by atoms with E-state index in [1.54, 1.807) is 12.4 Å². The second kappa shape index (κ2) is 9.21. The average Bonchev–Trinajstić information content (AvgIpc) is 2.72. The van der Waals surface area contributed by atoms with Crippen molar-refractivity contribution < 1.29 is 0 Å². The molecule has 1 aliphatic rings. The van der Waals surface area contributed by atoms with Crippen LogP contribution in [0.15, 0.2) is 47.7 Å². The lowest BCUT2D eigenvalue weighted by Gasteiger charge is -2.36. The van der Waals surface area contributed by atoms with Crippen LogP contribution < -0.4 is 15.1 Å². The summed E-state index contributed by atoms with van der Waals surface area (Å²) in [5.41, 5.74) is 2.41. The molecule has 2 heterocycles. The third kappa shape index (κ3) is 5.09. The maximum atomic E-state index is 4.87. The maximum absolute atomic E-state index is 4.87. The van der Waals surface area contributed by atoms with Gasteiger partial charge in [-0.3, -0.25) is 0 Å². The van der Waals surface area contributed by atoms with Gasteiger partial charge in [0.05, 0.1) is 6.54 Å². The van der Waals surface area contributed by atoms with Crippen molar-refractivity contribution in [3.8, 4) is 0 Å². The van der Waals surface area contributed by atoms with Gasteiger partial charge in [0, 0.05) is 64.9 Å². The van der Waals surface area contributed by atoms with Gasteiger partial charge in [0.1, 0.15) is 0 Å². The van der Waals surface area contributed by atoms with Gasteiger partial charge in [-0.15, -0.1) is 0 Å². The summed E-state index contributed by atoms with van der Waals surface area (Å²) in [5.74, 6) is 1.78. The lowest BCUT2D eigenvalue weighted by Crippen LogP contribution is -2.52. The summed E-state index contributed by atoms with van der Waals surface area (Å²) >= 11 is 0. The van der Waals surface area contributed by atoms with E-state index < -0.39 is 0 Å². The number of rotatable bonds is 5. The van der Waals surface area contributed by atoms with Gasteiger partial charge in [0.15, 0.2) is 5.96 Å². The number of aliphatic imine (C=N–C) groups is 1. The summed E-state index contributed by atoms with van der Waals surface area (Å²) in [5, 5.41) is 3.43. The van der Waals surface area contributed by atoms with E-state index in [2.05, 4.69) is 75.3 Å². The molecular formula is C20H29N7. The van der Waals surface area contributed by atoms with Crippen molar-refractivity contribution in [3.05, 3.63) is 48.3 Å². The Morgan fingerprint density at radius 2 is 1.85 bits per heavy atom. The van der Waals surface area contributed by atoms with Gasteiger partial charge >= 0.3 is 0 Å². The first-order valence-electron chi connectivity index (χ1n) is 9.49. The molecule has 0 unspecified atom stereocenters. The molecule has 3 rings (SSSR count). The van der Waals surface area contributed by atoms with Crippen LogP contribution in [-0.2, 0) is 6.54 Å². The highest BCUT2D eigenvalue weighted by molar-refractivity contribution is 5.80. The van der Waals surface area contributed by atoms with Crippen LogP contribution in [0.4, 0.5) is 11.6 Å². The van der Waals surface area contributed by atoms with Gasteiger partial charge in [-0.25, -0.2) is 15.0 Å². The molecule has 0 spiro atoms. The SMILES string of the molecule is CCNC(=NCc1cccc(N(C)C)c1)N1CCN(c2ncccn2)CC1.